The van der Waals surface area contributed by atoms with Crippen LogP contribution < -0.4 is 0 Å². The van der Waals surface area contributed by atoms with Crippen molar-refractivity contribution in [2.45, 2.75) is 25.3 Å². The number of aromatic nitrogens is 3. The third kappa shape index (κ3) is 3.15. The molecule has 0 radical (unpaired) electrons. The second-order valence-corrected chi connectivity index (χ2v) is 8.65. The van der Waals surface area contributed by atoms with Gasteiger partial charge in [0.2, 0.25) is 0 Å². The van der Waals surface area contributed by atoms with Crippen molar-refractivity contribution in [1.29, 1.82) is 0 Å². The van der Waals surface area contributed by atoms with E-state index < -0.39 is 0 Å². The van der Waals surface area contributed by atoms with Crippen LogP contribution >= 0.6 is 0 Å². The number of hydrogen-bond donors (Lipinski definition) is 1. The zero-order valence-electron chi connectivity index (χ0n) is 17.8. The molecule has 154 valence electrons. The van der Waals surface area contributed by atoms with E-state index in [1.165, 1.54) is 35.9 Å². The predicted octanol–water partition coefficient (Wildman–Crippen LogP) is 5.81. The summed E-state index contributed by atoms with van der Waals surface area (Å²) < 4.78 is 2.29. The number of rotatable bonds is 4. The van der Waals surface area contributed by atoms with Crippen molar-refractivity contribution < 1.29 is 0 Å². The zero-order valence-corrected chi connectivity index (χ0v) is 17.8. The summed E-state index contributed by atoms with van der Waals surface area (Å²) in [5.74, 6) is 0.980. The van der Waals surface area contributed by atoms with Gasteiger partial charge in [0, 0.05) is 34.4 Å². The van der Waals surface area contributed by atoms with Crippen LogP contribution in [0.1, 0.15) is 18.4 Å². The SMILES string of the molecule is CN1CCC[C@@H]1Cc1c[nH]c2ccc(-n3c(-c4ccccc4)nc4ccccc43)cc12. The second kappa shape index (κ2) is 7.40. The van der Waals surface area contributed by atoms with E-state index in [0.29, 0.717) is 6.04 Å². The number of aromatic amines is 1. The summed E-state index contributed by atoms with van der Waals surface area (Å²) in [5, 5.41) is 1.31. The fourth-order valence-electron chi connectivity index (χ4n) is 5.03. The number of likely N-dealkylation sites (N-methyl/N-ethyl adjacent to an activating group) is 1. The van der Waals surface area contributed by atoms with Crippen LogP contribution in [0.15, 0.2) is 79.0 Å². The molecule has 4 heteroatoms. The van der Waals surface area contributed by atoms with Crippen LogP contribution in [0.25, 0.3) is 39.0 Å². The van der Waals surface area contributed by atoms with E-state index in [0.717, 1.165) is 34.5 Å². The van der Waals surface area contributed by atoms with Crippen molar-refractivity contribution >= 4 is 21.9 Å². The van der Waals surface area contributed by atoms with Gasteiger partial charge < -0.3 is 9.88 Å². The first kappa shape index (κ1) is 18.4. The molecule has 0 aliphatic carbocycles. The number of benzene rings is 3. The minimum Gasteiger partial charge on any atom is -0.361 e. The van der Waals surface area contributed by atoms with E-state index in [1.54, 1.807) is 0 Å². The lowest BCUT2D eigenvalue weighted by Gasteiger charge is -2.19. The predicted molar refractivity (Wildman–Crippen MR) is 128 cm³/mol. The van der Waals surface area contributed by atoms with Crippen molar-refractivity contribution in [3.05, 3.63) is 84.6 Å². The monoisotopic (exact) mass is 406 g/mol. The van der Waals surface area contributed by atoms with Crippen LogP contribution in [0.2, 0.25) is 0 Å². The van der Waals surface area contributed by atoms with Gasteiger partial charge >= 0.3 is 0 Å². The maximum absolute atomic E-state index is 4.99. The van der Waals surface area contributed by atoms with E-state index >= 15 is 0 Å². The molecule has 3 aromatic carbocycles. The van der Waals surface area contributed by atoms with Crippen LogP contribution in [-0.4, -0.2) is 39.1 Å². The number of para-hydroxylation sites is 2. The van der Waals surface area contributed by atoms with Crippen LogP contribution in [0.4, 0.5) is 0 Å². The van der Waals surface area contributed by atoms with Gasteiger partial charge in [0.1, 0.15) is 5.82 Å². The number of nitrogens with zero attached hydrogens (tertiary/aromatic N) is 3. The highest BCUT2D eigenvalue weighted by Gasteiger charge is 2.22. The Morgan fingerprint density at radius 1 is 1.00 bits per heavy atom. The first-order valence-electron chi connectivity index (χ1n) is 11.1. The lowest BCUT2D eigenvalue weighted by molar-refractivity contribution is 0.310. The number of fused-ring (bicyclic) bond motifs is 2. The molecule has 0 spiro atoms. The van der Waals surface area contributed by atoms with Gasteiger partial charge in [-0.25, -0.2) is 4.98 Å². The molecule has 1 atom stereocenters. The molecular formula is C27H26N4. The minimum absolute atomic E-state index is 0.636. The maximum atomic E-state index is 4.99. The summed E-state index contributed by atoms with van der Waals surface area (Å²) in [6.07, 6.45) is 5.88. The zero-order chi connectivity index (χ0) is 20.8. The van der Waals surface area contributed by atoms with Crippen LogP contribution in [0, 0.1) is 0 Å². The van der Waals surface area contributed by atoms with Crippen molar-refractivity contribution in [3.8, 4) is 17.1 Å². The Morgan fingerprint density at radius 3 is 2.68 bits per heavy atom. The van der Waals surface area contributed by atoms with Crippen LogP contribution in [-0.2, 0) is 6.42 Å². The Morgan fingerprint density at radius 2 is 1.84 bits per heavy atom. The van der Waals surface area contributed by atoms with Crippen LogP contribution in [0.3, 0.4) is 0 Å². The Labute approximate surface area is 182 Å². The van der Waals surface area contributed by atoms with E-state index in [4.69, 9.17) is 4.98 Å². The molecule has 1 N–H and O–H groups in total. The van der Waals surface area contributed by atoms with E-state index in [1.807, 2.05) is 0 Å². The summed E-state index contributed by atoms with van der Waals surface area (Å²) in [4.78, 5) is 11.0. The molecule has 6 rings (SSSR count). The van der Waals surface area contributed by atoms with Gasteiger partial charge in [-0.2, -0.15) is 0 Å². The quantitative estimate of drug-likeness (QED) is 0.409. The lowest BCUT2D eigenvalue weighted by Crippen LogP contribution is -2.26. The molecule has 1 aliphatic rings. The van der Waals surface area contributed by atoms with Gasteiger partial charge in [-0.15, -0.1) is 0 Å². The topological polar surface area (TPSA) is 36.9 Å². The average Bonchev–Trinajstić information content (AvgIpc) is 3.51. The van der Waals surface area contributed by atoms with Gasteiger partial charge in [-0.1, -0.05) is 42.5 Å². The van der Waals surface area contributed by atoms with Gasteiger partial charge in [0.15, 0.2) is 0 Å². The Kier molecular flexibility index (Phi) is 4.39. The van der Waals surface area contributed by atoms with Crippen molar-refractivity contribution in [2.24, 2.45) is 0 Å². The highest BCUT2D eigenvalue weighted by molar-refractivity contribution is 5.88. The smallest absolute Gasteiger partial charge is 0.145 e. The summed E-state index contributed by atoms with van der Waals surface area (Å²) in [5.41, 5.74) is 7.03. The molecule has 3 heterocycles. The first-order chi connectivity index (χ1) is 15.3. The third-order valence-corrected chi connectivity index (χ3v) is 6.73. The molecule has 0 amide bonds. The molecule has 4 nitrogen and oxygen atoms in total. The molecule has 31 heavy (non-hydrogen) atoms. The summed E-state index contributed by atoms with van der Waals surface area (Å²) in [7, 11) is 2.25. The fourth-order valence-corrected chi connectivity index (χ4v) is 5.03. The number of imidazole rings is 1. The Balaban J connectivity index is 1.51. The van der Waals surface area contributed by atoms with Gasteiger partial charge in [-0.3, -0.25) is 4.57 Å². The fraction of sp³-hybridized carbons (Fsp3) is 0.222. The molecule has 5 aromatic rings. The molecule has 0 unspecified atom stereocenters. The number of likely N-dealkylation sites (tertiary alicyclic amines) is 1. The Bertz CT molecular complexity index is 1360. The number of nitrogens with one attached hydrogen (secondary N) is 1. The largest absolute Gasteiger partial charge is 0.361 e. The summed E-state index contributed by atoms with van der Waals surface area (Å²) >= 11 is 0. The highest BCUT2D eigenvalue weighted by Crippen LogP contribution is 2.31. The second-order valence-electron chi connectivity index (χ2n) is 8.65. The molecule has 0 bridgehead atoms. The molecule has 0 saturated carbocycles. The maximum Gasteiger partial charge on any atom is 0.145 e. The third-order valence-electron chi connectivity index (χ3n) is 6.73. The minimum atomic E-state index is 0.636. The van der Waals surface area contributed by atoms with E-state index in [9.17, 15) is 0 Å². The van der Waals surface area contributed by atoms with Gasteiger partial charge in [-0.05, 0) is 68.8 Å². The van der Waals surface area contributed by atoms with Crippen molar-refractivity contribution in [1.82, 2.24) is 19.4 Å². The molecular weight excluding hydrogens is 380 g/mol. The van der Waals surface area contributed by atoms with E-state index in [2.05, 4.69) is 100 Å². The van der Waals surface area contributed by atoms with Crippen molar-refractivity contribution in [2.75, 3.05) is 13.6 Å². The number of hydrogen-bond acceptors (Lipinski definition) is 2. The summed E-state index contributed by atoms with van der Waals surface area (Å²) in [6.45, 7) is 1.21. The molecule has 1 fully saturated rings. The number of H-pyrrole nitrogens is 1. The molecule has 1 saturated heterocycles. The van der Waals surface area contributed by atoms with Gasteiger partial charge in [0.25, 0.3) is 0 Å². The van der Waals surface area contributed by atoms with E-state index in [-0.39, 0.29) is 0 Å². The molecule has 2 aromatic heterocycles. The normalized spacial score (nSPS) is 17.1. The van der Waals surface area contributed by atoms with Crippen molar-refractivity contribution in [3.63, 3.8) is 0 Å². The lowest BCUT2D eigenvalue weighted by atomic mass is 10.0. The highest BCUT2D eigenvalue weighted by atomic mass is 15.1. The summed E-state index contributed by atoms with van der Waals surface area (Å²) in [6, 6.07) is 26.2. The van der Waals surface area contributed by atoms with Crippen LogP contribution in [0.5, 0.6) is 0 Å². The van der Waals surface area contributed by atoms with Gasteiger partial charge in [0.05, 0.1) is 11.0 Å². The standard InChI is InChI=1S/C27H26N4/c1-30-15-7-10-21(30)16-20-18-28-24-14-13-22(17-23(20)24)31-26-12-6-5-11-25(26)29-27(31)19-8-3-2-4-9-19/h2-6,8-9,11-14,17-18,21,28H,7,10,15-16H2,1H3/t21-/m1/s1. The first-order valence-corrected chi connectivity index (χ1v) is 11.1. The Hall–Kier alpha value is -3.37. The molecule has 1 aliphatic heterocycles. The average molecular weight is 407 g/mol.